The van der Waals surface area contributed by atoms with Crippen molar-refractivity contribution in [2.45, 2.75) is 26.2 Å². The van der Waals surface area contributed by atoms with Gasteiger partial charge in [-0.3, -0.25) is 9.59 Å². The molecule has 1 fully saturated rings. The van der Waals surface area contributed by atoms with E-state index in [2.05, 4.69) is 10.2 Å². The third-order valence-electron chi connectivity index (χ3n) is 3.23. The highest BCUT2D eigenvalue weighted by Crippen LogP contribution is 2.22. The summed E-state index contributed by atoms with van der Waals surface area (Å²) in [6.45, 7) is 4.19. The Morgan fingerprint density at radius 1 is 1.20 bits per heavy atom. The van der Waals surface area contributed by atoms with E-state index in [1.165, 1.54) is 18.5 Å². The van der Waals surface area contributed by atoms with Crippen LogP contribution in [0.2, 0.25) is 0 Å². The quantitative estimate of drug-likeness (QED) is 0.661. The van der Waals surface area contributed by atoms with Crippen LogP contribution in [0.1, 0.15) is 26.2 Å². The minimum atomic E-state index is -0.501. The minimum Gasteiger partial charge on any atom is -0.466 e. The van der Waals surface area contributed by atoms with Crippen molar-refractivity contribution < 1.29 is 14.3 Å². The molecule has 1 aliphatic rings. The number of esters is 1. The number of hydrogen-bond donors (Lipinski definition) is 1. The number of nitrogens with one attached hydrogen (secondary N) is 1. The molecule has 0 radical (unpaired) electrons. The van der Waals surface area contributed by atoms with Gasteiger partial charge >= 0.3 is 5.97 Å². The van der Waals surface area contributed by atoms with Gasteiger partial charge in [-0.05, 0) is 44.0 Å². The molecule has 5 heteroatoms. The zero-order valence-electron chi connectivity index (χ0n) is 11.7. The topological polar surface area (TPSA) is 58.6 Å². The smallest absolute Gasteiger partial charge is 0.315 e. The van der Waals surface area contributed by atoms with Gasteiger partial charge in [-0.2, -0.15) is 0 Å². The average Bonchev–Trinajstić information content (AvgIpc) is 2.93. The van der Waals surface area contributed by atoms with E-state index in [0.717, 1.165) is 13.1 Å². The molecule has 0 spiro atoms. The number of carbonyl (C=O) groups excluding carboxylic acids is 2. The van der Waals surface area contributed by atoms with E-state index in [4.69, 9.17) is 4.74 Å². The molecule has 1 aliphatic heterocycles. The maximum atomic E-state index is 11.6. The number of amides is 1. The van der Waals surface area contributed by atoms with Crippen LogP contribution in [-0.4, -0.2) is 31.6 Å². The third kappa shape index (κ3) is 3.98. The van der Waals surface area contributed by atoms with Crippen LogP contribution in [0.15, 0.2) is 24.3 Å². The predicted octanol–water partition coefficient (Wildman–Crippen LogP) is 2.18. The monoisotopic (exact) mass is 276 g/mol. The molecule has 0 aliphatic carbocycles. The first-order valence-corrected chi connectivity index (χ1v) is 6.99. The lowest BCUT2D eigenvalue weighted by atomic mass is 10.2. The van der Waals surface area contributed by atoms with Crippen LogP contribution in [0.4, 0.5) is 11.4 Å². The maximum Gasteiger partial charge on any atom is 0.315 e. The van der Waals surface area contributed by atoms with Crippen molar-refractivity contribution in [3.05, 3.63) is 24.3 Å². The Morgan fingerprint density at radius 3 is 2.45 bits per heavy atom. The Kier molecular flexibility index (Phi) is 4.98. The average molecular weight is 276 g/mol. The second-order valence-electron chi connectivity index (χ2n) is 4.77. The van der Waals surface area contributed by atoms with Gasteiger partial charge in [0.15, 0.2) is 0 Å². The molecule has 5 nitrogen and oxygen atoms in total. The summed E-state index contributed by atoms with van der Waals surface area (Å²) in [6, 6.07) is 7.70. The van der Waals surface area contributed by atoms with Crippen LogP contribution in [0.3, 0.4) is 0 Å². The number of carbonyl (C=O) groups is 2. The minimum absolute atomic E-state index is 0.248. The zero-order chi connectivity index (χ0) is 14.4. The van der Waals surface area contributed by atoms with Gasteiger partial charge in [0.25, 0.3) is 0 Å². The first kappa shape index (κ1) is 14.4. The number of anilines is 2. The second kappa shape index (κ2) is 6.93. The molecule has 1 saturated heterocycles. The molecule has 1 heterocycles. The van der Waals surface area contributed by atoms with E-state index < -0.39 is 5.97 Å². The highest BCUT2D eigenvalue weighted by Gasteiger charge is 2.13. The van der Waals surface area contributed by atoms with Crippen LogP contribution in [0.25, 0.3) is 0 Å². The van der Waals surface area contributed by atoms with Crippen molar-refractivity contribution in [1.82, 2.24) is 0 Å². The molecule has 1 aromatic rings. The van der Waals surface area contributed by atoms with Gasteiger partial charge in [0.05, 0.1) is 6.61 Å². The fourth-order valence-electron chi connectivity index (χ4n) is 2.28. The van der Waals surface area contributed by atoms with Crippen LogP contribution < -0.4 is 10.2 Å². The van der Waals surface area contributed by atoms with Crippen LogP contribution >= 0.6 is 0 Å². The highest BCUT2D eigenvalue weighted by molar-refractivity contribution is 6.01. The van der Waals surface area contributed by atoms with Gasteiger partial charge in [-0.1, -0.05) is 0 Å². The Morgan fingerprint density at radius 2 is 1.85 bits per heavy atom. The van der Waals surface area contributed by atoms with E-state index in [1.807, 2.05) is 24.3 Å². The first-order chi connectivity index (χ1) is 9.69. The van der Waals surface area contributed by atoms with Gasteiger partial charge < -0.3 is 15.0 Å². The molecule has 20 heavy (non-hydrogen) atoms. The number of benzene rings is 1. The summed E-state index contributed by atoms with van der Waals surface area (Å²) in [5.41, 5.74) is 1.87. The number of nitrogens with zero attached hydrogens (tertiary/aromatic N) is 1. The lowest BCUT2D eigenvalue weighted by Crippen LogP contribution is -2.19. The molecule has 108 valence electrons. The lowest BCUT2D eigenvalue weighted by Gasteiger charge is -2.17. The van der Waals surface area contributed by atoms with Crippen molar-refractivity contribution in [3.8, 4) is 0 Å². The van der Waals surface area contributed by atoms with E-state index >= 15 is 0 Å². The molecule has 1 aromatic carbocycles. The summed E-state index contributed by atoms with van der Waals surface area (Å²) >= 11 is 0. The molecule has 0 saturated carbocycles. The maximum absolute atomic E-state index is 11.6. The zero-order valence-corrected chi connectivity index (χ0v) is 11.7. The second-order valence-corrected chi connectivity index (χ2v) is 4.77. The Balaban J connectivity index is 1.86. The fourth-order valence-corrected chi connectivity index (χ4v) is 2.28. The largest absolute Gasteiger partial charge is 0.466 e. The summed E-state index contributed by atoms with van der Waals surface area (Å²) < 4.78 is 4.73. The SMILES string of the molecule is CCOC(=O)CC(=O)Nc1ccc(N2CCCC2)cc1. The van der Waals surface area contributed by atoms with Crippen molar-refractivity contribution >= 4 is 23.3 Å². The summed E-state index contributed by atoms with van der Waals surface area (Å²) in [7, 11) is 0. The van der Waals surface area contributed by atoms with Crippen molar-refractivity contribution in [3.63, 3.8) is 0 Å². The van der Waals surface area contributed by atoms with Gasteiger partial charge in [-0.25, -0.2) is 0 Å². The molecule has 1 N–H and O–H groups in total. The van der Waals surface area contributed by atoms with Crippen molar-refractivity contribution in [1.29, 1.82) is 0 Å². The lowest BCUT2D eigenvalue weighted by molar-refractivity contribution is -0.145. The number of rotatable bonds is 5. The van der Waals surface area contributed by atoms with E-state index in [9.17, 15) is 9.59 Å². The molecule has 0 unspecified atom stereocenters. The van der Waals surface area contributed by atoms with Crippen molar-refractivity contribution in [2.75, 3.05) is 29.9 Å². The summed E-state index contributed by atoms with van der Waals surface area (Å²) in [5.74, 6) is -0.851. The van der Waals surface area contributed by atoms with E-state index in [1.54, 1.807) is 6.92 Å². The van der Waals surface area contributed by atoms with E-state index in [-0.39, 0.29) is 18.9 Å². The van der Waals surface area contributed by atoms with Crippen LogP contribution in [-0.2, 0) is 14.3 Å². The normalized spacial score (nSPS) is 14.2. The van der Waals surface area contributed by atoms with Gasteiger partial charge in [0.1, 0.15) is 6.42 Å². The standard InChI is InChI=1S/C15H20N2O3/c1-2-20-15(19)11-14(18)16-12-5-7-13(8-6-12)17-9-3-4-10-17/h5-8H,2-4,9-11H2,1H3,(H,16,18). The molecule has 1 amide bonds. The fraction of sp³-hybridized carbons (Fsp3) is 0.467. The van der Waals surface area contributed by atoms with Gasteiger partial charge in [-0.15, -0.1) is 0 Å². The molecule has 2 rings (SSSR count). The molecular weight excluding hydrogens is 256 g/mol. The predicted molar refractivity (Wildman–Crippen MR) is 77.8 cm³/mol. The van der Waals surface area contributed by atoms with Crippen LogP contribution in [0.5, 0.6) is 0 Å². The van der Waals surface area contributed by atoms with Crippen LogP contribution in [0, 0.1) is 0 Å². The summed E-state index contributed by atoms with van der Waals surface area (Å²) in [4.78, 5) is 25.1. The molecule has 0 bridgehead atoms. The molecular formula is C15H20N2O3. The summed E-state index contributed by atoms with van der Waals surface area (Å²) in [5, 5.41) is 2.69. The van der Waals surface area contributed by atoms with Gasteiger partial charge in [0.2, 0.25) is 5.91 Å². The Bertz CT molecular complexity index is 465. The van der Waals surface area contributed by atoms with Crippen molar-refractivity contribution in [2.24, 2.45) is 0 Å². The van der Waals surface area contributed by atoms with E-state index in [0.29, 0.717) is 5.69 Å². The molecule has 0 atom stereocenters. The Hall–Kier alpha value is -2.04. The Labute approximate surface area is 118 Å². The molecule has 0 aromatic heterocycles. The first-order valence-electron chi connectivity index (χ1n) is 6.99. The third-order valence-corrected chi connectivity index (χ3v) is 3.23. The van der Waals surface area contributed by atoms with Gasteiger partial charge in [0, 0.05) is 24.5 Å². The highest BCUT2D eigenvalue weighted by atomic mass is 16.5. The number of ether oxygens (including phenoxy) is 1. The summed E-state index contributed by atoms with van der Waals surface area (Å²) in [6.07, 6.45) is 2.22. The number of hydrogen-bond acceptors (Lipinski definition) is 4.